The summed E-state index contributed by atoms with van der Waals surface area (Å²) in [6, 6.07) is -8.60. The van der Waals surface area contributed by atoms with E-state index in [1.165, 1.54) is 56.4 Å². The van der Waals surface area contributed by atoms with Crippen molar-refractivity contribution in [3.05, 3.63) is 29.8 Å². The number of amides is 11. The van der Waals surface area contributed by atoms with Crippen molar-refractivity contribution in [2.75, 3.05) is 26.2 Å². The van der Waals surface area contributed by atoms with Crippen LogP contribution in [-0.4, -0.2) is 196 Å². The van der Waals surface area contributed by atoms with Gasteiger partial charge in [-0.15, -0.1) is 0 Å². The molecule has 0 aliphatic carbocycles. The molecule has 0 saturated carbocycles. The molecule has 0 bridgehead atoms. The van der Waals surface area contributed by atoms with E-state index in [-0.39, 0.29) is 69.3 Å². The number of carboxylic acid groups (broad SMARTS) is 1. The van der Waals surface area contributed by atoms with E-state index in [1.807, 2.05) is 0 Å². The van der Waals surface area contributed by atoms with Crippen LogP contribution in [0.25, 0.3) is 0 Å². The fraction of sp³-hybridized carbons (Fsp3) is 0.661. The van der Waals surface area contributed by atoms with Crippen molar-refractivity contribution in [3.63, 3.8) is 0 Å². The van der Waals surface area contributed by atoms with Gasteiger partial charge in [-0.1, -0.05) is 83.3 Å². The number of aliphatic carboxylic acids is 1. The van der Waals surface area contributed by atoms with Crippen LogP contribution < -0.4 is 92.5 Å². The van der Waals surface area contributed by atoms with E-state index in [4.69, 9.17) is 44.9 Å². The highest BCUT2D eigenvalue weighted by Gasteiger charge is 2.37. The van der Waals surface area contributed by atoms with Crippen LogP contribution in [0.15, 0.2) is 24.3 Å². The fourth-order valence-electron chi connectivity index (χ4n) is 9.91. The Balaban J connectivity index is 3.50. The molecule has 0 aliphatic heterocycles. The number of carboxylic acids is 1. The molecule has 0 heterocycles. The summed E-state index contributed by atoms with van der Waals surface area (Å²) in [6.07, 6.45) is 6.91. The zero-order chi connectivity index (χ0) is 73.7. The first kappa shape index (κ1) is 86.4. The number of aromatic hydroxyl groups is 1. The Bertz CT molecular complexity index is 2760. The average molecular weight is 1390 g/mol. The smallest absolute Gasteiger partial charge is 0.305 e. The van der Waals surface area contributed by atoms with Crippen molar-refractivity contribution in [1.82, 2.24) is 63.8 Å². The van der Waals surface area contributed by atoms with Gasteiger partial charge in [0.2, 0.25) is 65.0 Å². The molecule has 0 spiro atoms. The monoisotopic (exact) mass is 1390 g/mol. The molecule has 0 fully saturated rings. The molecule has 0 aromatic heterocycles. The highest BCUT2D eigenvalue weighted by molar-refractivity contribution is 5.99. The lowest BCUT2D eigenvalue weighted by molar-refractivity contribution is -0.142. The van der Waals surface area contributed by atoms with Crippen LogP contribution in [0.2, 0.25) is 0 Å². The lowest BCUT2D eigenvalue weighted by Crippen LogP contribution is -2.62. The minimum absolute atomic E-state index is 0.0346. The number of guanidine groups is 3. The van der Waals surface area contributed by atoms with Crippen molar-refractivity contribution in [2.45, 2.75) is 235 Å². The molecule has 1 aromatic rings. The summed E-state index contributed by atoms with van der Waals surface area (Å²) < 4.78 is 0. The molecule has 0 unspecified atom stereocenters. The van der Waals surface area contributed by atoms with Gasteiger partial charge < -0.3 is 113 Å². The van der Waals surface area contributed by atoms with Gasteiger partial charge in [0, 0.05) is 51.4 Å². The second-order valence-corrected chi connectivity index (χ2v) is 24.0. The van der Waals surface area contributed by atoms with Crippen LogP contribution in [0.5, 0.6) is 5.75 Å². The van der Waals surface area contributed by atoms with Crippen molar-refractivity contribution >= 4 is 88.8 Å². The van der Waals surface area contributed by atoms with Crippen molar-refractivity contribution in [3.8, 4) is 5.75 Å². The highest BCUT2D eigenvalue weighted by Crippen LogP contribution is 2.15. The standard InChI is InChI=1S/C62H108N20O16/c1-4-5-6-7-8-9-10-11-12-13-14-21-49(88)75-40(19-16-31-72-61(67)68)52(91)81-46(35-83)58(97)80-45(34-50(89)90)57(96)82-51(37(3)84)59(98)78-41(20-17-32-73-62(69)70)53(92)76-42(26-28-47(63)86)54(93)77-43(27-29-48(64)87)55(94)79-44(33-38-22-24-39(85)25-23-38)56(95)74-36(2)18-15-30-71-60(65)66/h22-25,36-37,40-46,51,83-85H,4-21,26-35H2,1-3H3,(H2,63,86)(H2,64,87)(H,74,95)(H,75,88)(H,76,92)(H,77,93)(H,78,98)(H,79,94)(H,80,97)(H,81,91)(H,82,96)(H,89,90)(H4,65,66,71)(H4,67,68,72)(H4,69,70,73)/t36-,37-,40+,41+,42+,43+,44+,45+,46+,51+/m1/s1. The number of hydrogen-bond donors (Lipinski definition) is 24. The molecule has 36 nitrogen and oxygen atoms in total. The van der Waals surface area contributed by atoms with Gasteiger partial charge >= 0.3 is 5.97 Å². The third kappa shape index (κ3) is 39.4. The van der Waals surface area contributed by atoms with Gasteiger partial charge in [-0.05, 0) is 89.3 Å². The maximum atomic E-state index is 14.4. The SMILES string of the molecule is CCCCCCCCCCCCCC(=O)N[C@@H](CCCNC(=N)N)C(=O)N[C@@H](CO)C(=O)N[C@@H](CC(=O)O)C(=O)N[C@H](C(=O)N[C@@H](CCCNC(=N)N)C(=O)N[C@@H](CCC(N)=O)C(=O)N[C@@H](CCC(N)=O)C(=O)N[C@@H](Cc1ccc(O)cc1)C(=O)N[C@H](C)CCCNC(=N)N)[C@@H](C)O. The number of carbonyl (C=O) groups is 12. The molecule has 29 N–H and O–H groups in total. The topological polar surface area (TPSA) is 632 Å². The minimum Gasteiger partial charge on any atom is -0.508 e. The van der Waals surface area contributed by atoms with Crippen LogP contribution >= 0.6 is 0 Å². The first-order chi connectivity index (χ1) is 46.4. The second-order valence-electron chi connectivity index (χ2n) is 24.0. The van der Waals surface area contributed by atoms with Crippen LogP contribution in [0.1, 0.15) is 174 Å². The number of aliphatic hydroxyl groups is 2. The Hall–Kier alpha value is -9.61. The number of carbonyl (C=O) groups excluding carboxylic acids is 11. The zero-order valence-electron chi connectivity index (χ0n) is 56.5. The summed E-state index contributed by atoms with van der Waals surface area (Å²) in [6.45, 7) is 4.13. The van der Waals surface area contributed by atoms with E-state index >= 15 is 0 Å². The number of nitrogens with two attached hydrogens (primary N) is 5. The maximum absolute atomic E-state index is 14.4. The number of phenolic OH excluding ortho intramolecular Hbond substituents is 1. The number of rotatable bonds is 53. The van der Waals surface area contributed by atoms with E-state index in [9.17, 15) is 78.0 Å². The Morgan fingerprint density at radius 2 is 0.796 bits per heavy atom. The third-order valence-electron chi connectivity index (χ3n) is 15.3. The van der Waals surface area contributed by atoms with E-state index in [0.29, 0.717) is 31.4 Å². The van der Waals surface area contributed by atoms with Crippen LogP contribution in [0.3, 0.4) is 0 Å². The Labute approximate surface area is 570 Å². The first-order valence-corrected chi connectivity index (χ1v) is 33.2. The number of phenols is 1. The number of hydrogen-bond acceptors (Lipinski definition) is 18. The fourth-order valence-corrected chi connectivity index (χ4v) is 9.91. The molecule has 552 valence electrons. The summed E-state index contributed by atoms with van der Waals surface area (Å²) in [5.41, 5.74) is 27.6. The number of aliphatic hydroxyl groups excluding tert-OH is 2. The second kappa shape index (κ2) is 49.0. The largest absolute Gasteiger partial charge is 0.508 e. The summed E-state index contributed by atoms with van der Waals surface area (Å²) in [5, 5.41) is 92.9. The van der Waals surface area contributed by atoms with Gasteiger partial charge in [0.1, 0.15) is 54.1 Å². The molecule has 0 saturated heterocycles. The van der Waals surface area contributed by atoms with E-state index in [2.05, 4.69) is 70.7 Å². The van der Waals surface area contributed by atoms with Gasteiger partial charge in [-0.2, -0.15) is 0 Å². The summed E-state index contributed by atoms with van der Waals surface area (Å²) in [7, 11) is 0. The summed E-state index contributed by atoms with van der Waals surface area (Å²) >= 11 is 0. The third-order valence-corrected chi connectivity index (χ3v) is 15.3. The predicted octanol–water partition coefficient (Wildman–Crippen LogP) is -3.81. The molecule has 0 aliphatic rings. The van der Waals surface area contributed by atoms with Crippen LogP contribution in [0.4, 0.5) is 0 Å². The molecule has 11 amide bonds. The predicted molar refractivity (Wildman–Crippen MR) is 361 cm³/mol. The Kier molecular flexibility index (Phi) is 43.2. The van der Waals surface area contributed by atoms with Crippen LogP contribution in [0, 0.1) is 16.2 Å². The van der Waals surface area contributed by atoms with Gasteiger partial charge in [0.05, 0.1) is 19.1 Å². The first-order valence-electron chi connectivity index (χ1n) is 33.2. The molecule has 98 heavy (non-hydrogen) atoms. The molecule has 36 heteroatoms. The molecular weight excluding hydrogens is 1280 g/mol. The zero-order valence-corrected chi connectivity index (χ0v) is 56.5. The normalized spacial score (nSPS) is 14.0. The van der Waals surface area contributed by atoms with Crippen LogP contribution in [-0.2, 0) is 64.0 Å². The van der Waals surface area contributed by atoms with Crippen molar-refractivity contribution < 1.29 is 78.0 Å². The van der Waals surface area contributed by atoms with Gasteiger partial charge in [0.25, 0.3) is 0 Å². The van der Waals surface area contributed by atoms with Crippen molar-refractivity contribution in [2.24, 2.45) is 28.7 Å². The number of benzene rings is 1. The van der Waals surface area contributed by atoms with Gasteiger partial charge in [0.15, 0.2) is 17.9 Å². The van der Waals surface area contributed by atoms with E-state index < -0.39 is 176 Å². The van der Waals surface area contributed by atoms with E-state index in [1.54, 1.807) is 6.92 Å². The van der Waals surface area contributed by atoms with Gasteiger partial charge in [-0.25, -0.2) is 0 Å². The number of primary amides is 2. The Morgan fingerprint density at radius 1 is 0.429 bits per heavy atom. The van der Waals surface area contributed by atoms with E-state index in [0.717, 1.165) is 39.0 Å². The quantitative estimate of drug-likeness (QED) is 0.0169. The highest BCUT2D eigenvalue weighted by atomic mass is 16.4. The average Bonchev–Trinajstić information content (AvgIpc) is 0.872. The molecule has 0 radical (unpaired) electrons. The summed E-state index contributed by atoms with van der Waals surface area (Å²) in [5.74, 6) is -14.2. The summed E-state index contributed by atoms with van der Waals surface area (Å²) in [4.78, 5) is 162. The van der Waals surface area contributed by atoms with Crippen molar-refractivity contribution in [1.29, 1.82) is 16.2 Å². The lowest BCUT2D eigenvalue weighted by Gasteiger charge is -2.28. The molecular formula is C62H108N20O16. The van der Waals surface area contributed by atoms with Gasteiger partial charge in [-0.3, -0.25) is 73.8 Å². The Morgan fingerprint density at radius 3 is 1.22 bits per heavy atom. The molecule has 1 aromatic carbocycles. The number of unbranched alkanes of at least 4 members (excludes halogenated alkanes) is 10. The maximum Gasteiger partial charge on any atom is 0.305 e. The minimum atomic E-state index is -2.09. The molecule has 1 rings (SSSR count). The lowest BCUT2D eigenvalue weighted by atomic mass is 10.0. The number of nitrogens with one attached hydrogen (secondary N) is 15. The molecule has 10 atom stereocenters.